The van der Waals surface area contributed by atoms with Gasteiger partial charge >= 0.3 is 0 Å². The zero-order chi connectivity index (χ0) is 17.6. The number of nitrogens with zero attached hydrogens (tertiary/aromatic N) is 2. The lowest BCUT2D eigenvalue weighted by Gasteiger charge is -2.22. The summed E-state index contributed by atoms with van der Waals surface area (Å²) in [4.78, 5) is 12.3. The minimum atomic E-state index is -0.148. The molecule has 1 unspecified atom stereocenters. The lowest BCUT2D eigenvalue weighted by atomic mass is 10.1. The molecule has 0 spiro atoms. The lowest BCUT2D eigenvalue weighted by molar-refractivity contribution is 0.0944. The smallest absolute Gasteiger partial charge is 0.272 e. The van der Waals surface area contributed by atoms with Gasteiger partial charge in [0.2, 0.25) is 0 Å². The highest BCUT2D eigenvalue weighted by molar-refractivity contribution is 5.92. The molecular weight excluding hydrogens is 316 g/mol. The summed E-state index contributed by atoms with van der Waals surface area (Å²) in [7, 11) is 0. The SMILES string of the molecule is CC(C)Oc1ccc(CNC(=O)c2ccn(C3CCCNC3)n2)cc1. The van der Waals surface area contributed by atoms with E-state index in [-0.39, 0.29) is 12.0 Å². The van der Waals surface area contributed by atoms with Crippen LogP contribution in [0.25, 0.3) is 0 Å². The van der Waals surface area contributed by atoms with Crippen molar-refractivity contribution in [2.24, 2.45) is 0 Å². The molecule has 134 valence electrons. The van der Waals surface area contributed by atoms with Crippen molar-refractivity contribution in [3.05, 3.63) is 47.8 Å². The van der Waals surface area contributed by atoms with E-state index in [9.17, 15) is 4.79 Å². The van der Waals surface area contributed by atoms with E-state index >= 15 is 0 Å². The Morgan fingerprint density at radius 3 is 2.84 bits per heavy atom. The highest BCUT2D eigenvalue weighted by Crippen LogP contribution is 2.16. The predicted octanol–water partition coefficient (Wildman–Crippen LogP) is 2.52. The van der Waals surface area contributed by atoms with Crippen LogP contribution >= 0.6 is 0 Å². The van der Waals surface area contributed by atoms with Crippen molar-refractivity contribution in [2.75, 3.05) is 13.1 Å². The summed E-state index contributed by atoms with van der Waals surface area (Å²) in [5.41, 5.74) is 1.49. The molecule has 6 nitrogen and oxygen atoms in total. The molecule has 25 heavy (non-hydrogen) atoms. The molecule has 1 aromatic heterocycles. The van der Waals surface area contributed by atoms with Gasteiger partial charge in [-0.3, -0.25) is 9.48 Å². The number of carbonyl (C=O) groups is 1. The lowest BCUT2D eigenvalue weighted by Crippen LogP contribution is -2.32. The van der Waals surface area contributed by atoms with Crippen molar-refractivity contribution in [3.63, 3.8) is 0 Å². The van der Waals surface area contributed by atoms with Crippen molar-refractivity contribution in [1.82, 2.24) is 20.4 Å². The van der Waals surface area contributed by atoms with Crippen molar-refractivity contribution < 1.29 is 9.53 Å². The third-order valence-electron chi connectivity index (χ3n) is 4.23. The van der Waals surface area contributed by atoms with E-state index in [4.69, 9.17) is 4.74 Å². The number of nitrogens with one attached hydrogen (secondary N) is 2. The first kappa shape index (κ1) is 17.5. The first-order valence-corrected chi connectivity index (χ1v) is 8.91. The molecule has 1 aromatic carbocycles. The van der Waals surface area contributed by atoms with Crippen molar-refractivity contribution in [1.29, 1.82) is 0 Å². The topological polar surface area (TPSA) is 68.2 Å². The van der Waals surface area contributed by atoms with Crippen LogP contribution < -0.4 is 15.4 Å². The van der Waals surface area contributed by atoms with Crippen LogP contribution in [0, 0.1) is 0 Å². The summed E-state index contributed by atoms with van der Waals surface area (Å²) < 4.78 is 7.52. The van der Waals surface area contributed by atoms with E-state index in [0.717, 1.165) is 37.2 Å². The summed E-state index contributed by atoms with van der Waals surface area (Å²) in [5.74, 6) is 0.690. The molecule has 0 aliphatic carbocycles. The van der Waals surface area contributed by atoms with Crippen LogP contribution in [0.15, 0.2) is 36.5 Å². The quantitative estimate of drug-likeness (QED) is 0.846. The van der Waals surface area contributed by atoms with Crippen LogP contribution in [0.2, 0.25) is 0 Å². The Morgan fingerprint density at radius 2 is 2.16 bits per heavy atom. The van der Waals surface area contributed by atoms with Gasteiger partial charge < -0.3 is 15.4 Å². The minimum absolute atomic E-state index is 0.148. The number of benzene rings is 1. The van der Waals surface area contributed by atoms with Crippen LogP contribution in [-0.4, -0.2) is 34.9 Å². The Bertz CT molecular complexity index is 688. The first-order chi connectivity index (χ1) is 12.1. The zero-order valence-corrected chi connectivity index (χ0v) is 14.9. The van der Waals surface area contributed by atoms with E-state index < -0.39 is 0 Å². The van der Waals surface area contributed by atoms with Gasteiger partial charge in [-0.25, -0.2) is 0 Å². The summed E-state index contributed by atoms with van der Waals surface area (Å²) >= 11 is 0. The van der Waals surface area contributed by atoms with Crippen LogP contribution in [0.5, 0.6) is 5.75 Å². The van der Waals surface area contributed by atoms with E-state index in [1.165, 1.54) is 0 Å². The van der Waals surface area contributed by atoms with E-state index in [0.29, 0.717) is 18.3 Å². The number of amides is 1. The van der Waals surface area contributed by atoms with Crippen LogP contribution in [-0.2, 0) is 6.54 Å². The molecule has 1 aliphatic heterocycles. The zero-order valence-electron chi connectivity index (χ0n) is 14.9. The van der Waals surface area contributed by atoms with E-state index in [1.807, 2.05) is 49.0 Å². The molecule has 0 radical (unpaired) electrons. The van der Waals surface area contributed by atoms with Crippen LogP contribution in [0.4, 0.5) is 0 Å². The largest absolute Gasteiger partial charge is 0.491 e. The molecule has 2 aromatic rings. The molecule has 0 bridgehead atoms. The Morgan fingerprint density at radius 1 is 1.36 bits per heavy atom. The normalized spacial score (nSPS) is 17.5. The monoisotopic (exact) mass is 342 g/mol. The number of carbonyl (C=O) groups excluding carboxylic acids is 1. The third-order valence-corrected chi connectivity index (χ3v) is 4.23. The minimum Gasteiger partial charge on any atom is -0.491 e. The molecule has 1 aliphatic rings. The molecule has 0 saturated carbocycles. The van der Waals surface area contributed by atoms with Gasteiger partial charge in [0.15, 0.2) is 0 Å². The molecule has 3 rings (SSSR count). The number of rotatable bonds is 6. The highest BCUT2D eigenvalue weighted by atomic mass is 16.5. The Kier molecular flexibility index (Phi) is 5.71. The molecule has 2 N–H and O–H groups in total. The maximum absolute atomic E-state index is 12.3. The van der Waals surface area contributed by atoms with Crippen molar-refractivity contribution in [2.45, 2.75) is 45.4 Å². The summed E-state index contributed by atoms with van der Waals surface area (Å²) in [6.07, 6.45) is 4.29. The fourth-order valence-electron chi connectivity index (χ4n) is 2.95. The molecule has 1 atom stereocenters. The number of hydrogen-bond donors (Lipinski definition) is 2. The van der Waals surface area contributed by atoms with Gasteiger partial charge in [-0.1, -0.05) is 12.1 Å². The standard InChI is InChI=1S/C19H26N4O2/c1-14(2)25-17-7-5-15(6-8-17)12-21-19(24)18-9-11-23(22-18)16-4-3-10-20-13-16/h5-9,11,14,16,20H,3-4,10,12-13H2,1-2H3,(H,21,24). The molecule has 6 heteroatoms. The molecule has 2 heterocycles. The second-order valence-electron chi connectivity index (χ2n) is 6.67. The van der Waals surface area contributed by atoms with Gasteiger partial charge in [-0.2, -0.15) is 5.10 Å². The van der Waals surface area contributed by atoms with Crippen molar-refractivity contribution >= 4 is 5.91 Å². The second-order valence-corrected chi connectivity index (χ2v) is 6.67. The molecule has 1 amide bonds. The first-order valence-electron chi connectivity index (χ1n) is 8.91. The number of hydrogen-bond acceptors (Lipinski definition) is 4. The third kappa shape index (κ3) is 4.82. The van der Waals surface area contributed by atoms with E-state index in [2.05, 4.69) is 15.7 Å². The number of aromatic nitrogens is 2. The molecular formula is C19H26N4O2. The second kappa shape index (κ2) is 8.16. The Labute approximate surface area is 148 Å². The molecule has 1 saturated heterocycles. The number of piperidine rings is 1. The van der Waals surface area contributed by atoms with Crippen molar-refractivity contribution in [3.8, 4) is 5.75 Å². The Balaban J connectivity index is 1.53. The molecule has 1 fully saturated rings. The van der Waals surface area contributed by atoms with Crippen LogP contribution in [0.3, 0.4) is 0 Å². The number of ether oxygens (including phenoxy) is 1. The summed E-state index contributed by atoms with van der Waals surface area (Å²) in [6, 6.07) is 9.89. The van der Waals surface area contributed by atoms with E-state index in [1.54, 1.807) is 6.07 Å². The highest BCUT2D eigenvalue weighted by Gasteiger charge is 2.17. The fourth-order valence-corrected chi connectivity index (χ4v) is 2.95. The summed E-state index contributed by atoms with van der Waals surface area (Å²) in [5, 5.41) is 10.7. The van der Waals surface area contributed by atoms with Gasteiger partial charge in [0, 0.05) is 19.3 Å². The van der Waals surface area contributed by atoms with Gasteiger partial charge in [-0.05, 0) is 57.0 Å². The Hall–Kier alpha value is -2.34. The summed E-state index contributed by atoms with van der Waals surface area (Å²) in [6.45, 7) is 6.44. The maximum Gasteiger partial charge on any atom is 0.272 e. The van der Waals surface area contributed by atoms with Gasteiger partial charge in [0.05, 0.1) is 12.1 Å². The van der Waals surface area contributed by atoms with Gasteiger partial charge in [-0.15, -0.1) is 0 Å². The predicted molar refractivity (Wildman–Crippen MR) is 96.7 cm³/mol. The van der Waals surface area contributed by atoms with Gasteiger partial charge in [0.25, 0.3) is 5.91 Å². The van der Waals surface area contributed by atoms with Gasteiger partial charge in [0.1, 0.15) is 11.4 Å². The average Bonchev–Trinajstić information content (AvgIpc) is 3.11. The fraction of sp³-hybridized carbons (Fsp3) is 0.474. The average molecular weight is 342 g/mol. The van der Waals surface area contributed by atoms with Crippen LogP contribution in [0.1, 0.15) is 48.8 Å². The maximum atomic E-state index is 12.3.